The first-order chi connectivity index (χ1) is 7.57. The standard InChI is InChI=1S/C11H18N4S/c1-11(2)7-14-10(16-8-11)13-6-9-12-4-5-15(9)3/h4-5H,6-8H2,1-3H3,(H,13,14). The molecule has 4 nitrogen and oxygen atoms in total. The molecule has 0 saturated carbocycles. The molecule has 0 atom stereocenters. The summed E-state index contributed by atoms with van der Waals surface area (Å²) in [5.74, 6) is 2.16. The second kappa shape index (κ2) is 4.49. The molecule has 1 aliphatic rings. The van der Waals surface area contributed by atoms with Crippen molar-refractivity contribution in [3.8, 4) is 0 Å². The van der Waals surface area contributed by atoms with Crippen molar-refractivity contribution < 1.29 is 0 Å². The summed E-state index contributed by atoms with van der Waals surface area (Å²) in [4.78, 5) is 8.81. The summed E-state index contributed by atoms with van der Waals surface area (Å²) in [6, 6.07) is 0. The Morgan fingerprint density at radius 3 is 2.94 bits per heavy atom. The van der Waals surface area contributed by atoms with Gasteiger partial charge in [-0.1, -0.05) is 25.6 Å². The fraction of sp³-hybridized carbons (Fsp3) is 0.636. The quantitative estimate of drug-likeness (QED) is 0.851. The van der Waals surface area contributed by atoms with Gasteiger partial charge in [-0.2, -0.15) is 0 Å². The Morgan fingerprint density at radius 1 is 1.56 bits per heavy atom. The first-order valence-corrected chi connectivity index (χ1v) is 6.43. The lowest BCUT2D eigenvalue weighted by Gasteiger charge is -2.27. The highest BCUT2D eigenvalue weighted by atomic mass is 32.2. The fourth-order valence-corrected chi connectivity index (χ4v) is 2.42. The fourth-order valence-electron chi connectivity index (χ4n) is 1.47. The maximum atomic E-state index is 4.54. The van der Waals surface area contributed by atoms with Crippen LogP contribution in [0.1, 0.15) is 19.7 Å². The number of aromatic nitrogens is 2. The average molecular weight is 238 g/mol. The predicted octanol–water partition coefficient (Wildman–Crippen LogP) is 1.64. The van der Waals surface area contributed by atoms with Crippen LogP contribution in [0.5, 0.6) is 0 Å². The van der Waals surface area contributed by atoms with Crippen molar-refractivity contribution >= 4 is 16.9 Å². The molecule has 1 aromatic heterocycles. The molecule has 0 unspecified atom stereocenters. The molecule has 0 spiro atoms. The summed E-state index contributed by atoms with van der Waals surface area (Å²) < 4.78 is 2.02. The van der Waals surface area contributed by atoms with E-state index in [1.165, 1.54) is 0 Å². The van der Waals surface area contributed by atoms with Crippen LogP contribution in [0, 0.1) is 5.41 Å². The lowest BCUT2D eigenvalue weighted by Crippen LogP contribution is -2.31. The predicted molar refractivity (Wildman–Crippen MR) is 68.6 cm³/mol. The van der Waals surface area contributed by atoms with Gasteiger partial charge >= 0.3 is 0 Å². The molecule has 0 aromatic carbocycles. The zero-order chi connectivity index (χ0) is 11.6. The van der Waals surface area contributed by atoms with Crippen molar-refractivity contribution in [1.29, 1.82) is 0 Å². The Kier molecular flexibility index (Phi) is 3.23. The van der Waals surface area contributed by atoms with Crippen LogP contribution in [0.4, 0.5) is 0 Å². The number of aryl methyl sites for hydroxylation is 1. The molecular weight excluding hydrogens is 220 g/mol. The van der Waals surface area contributed by atoms with Gasteiger partial charge in [0.2, 0.25) is 0 Å². The highest BCUT2D eigenvalue weighted by Crippen LogP contribution is 2.26. The first-order valence-electron chi connectivity index (χ1n) is 5.44. The highest BCUT2D eigenvalue weighted by molar-refractivity contribution is 8.13. The molecule has 0 radical (unpaired) electrons. The molecule has 16 heavy (non-hydrogen) atoms. The van der Waals surface area contributed by atoms with E-state index in [0.717, 1.165) is 29.8 Å². The highest BCUT2D eigenvalue weighted by Gasteiger charge is 2.23. The number of thioether (sulfide) groups is 1. The lowest BCUT2D eigenvalue weighted by atomic mass is 9.97. The van der Waals surface area contributed by atoms with Crippen LogP contribution < -0.4 is 5.32 Å². The normalized spacial score (nSPS) is 19.3. The third kappa shape index (κ3) is 2.78. The van der Waals surface area contributed by atoms with Gasteiger partial charge in [0.25, 0.3) is 0 Å². The summed E-state index contributed by atoms with van der Waals surface area (Å²) in [5.41, 5.74) is 0.332. The molecule has 1 aromatic rings. The summed E-state index contributed by atoms with van der Waals surface area (Å²) in [7, 11) is 2.00. The van der Waals surface area contributed by atoms with Crippen LogP contribution in [0.2, 0.25) is 0 Å². The van der Waals surface area contributed by atoms with Crippen LogP contribution in [-0.4, -0.2) is 27.0 Å². The monoisotopic (exact) mass is 238 g/mol. The molecule has 0 aliphatic carbocycles. The van der Waals surface area contributed by atoms with Crippen LogP contribution in [-0.2, 0) is 13.6 Å². The van der Waals surface area contributed by atoms with Gasteiger partial charge < -0.3 is 9.88 Å². The number of nitrogens with zero attached hydrogens (tertiary/aromatic N) is 3. The second-order valence-electron chi connectivity index (χ2n) is 4.88. The average Bonchev–Trinajstić information content (AvgIpc) is 2.63. The van der Waals surface area contributed by atoms with Gasteiger partial charge in [0, 0.05) is 31.7 Å². The maximum absolute atomic E-state index is 4.54. The van der Waals surface area contributed by atoms with Crippen molar-refractivity contribution in [3.63, 3.8) is 0 Å². The van der Waals surface area contributed by atoms with E-state index in [4.69, 9.17) is 0 Å². The Bertz CT molecular complexity index is 394. The van der Waals surface area contributed by atoms with Crippen LogP contribution in [0.25, 0.3) is 0 Å². The third-order valence-corrected chi connectivity index (χ3v) is 4.04. The molecule has 0 saturated heterocycles. The molecule has 88 valence electrons. The Labute approximate surface area is 101 Å². The zero-order valence-corrected chi connectivity index (χ0v) is 10.8. The van der Waals surface area contributed by atoms with Gasteiger partial charge in [-0.25, -0.2) is 4.98 Å². The van der Waals surface area contributed by atoms with Crippen molar-refractivity contribution in [2.24, 2.45) is 17.5 Å². The Balaban J connectivity index is 1.88. The minimum Gasteiger partial charge on any atom is -0.358 e. The number of rotatable bonds is 2. The smallest absolute Gasteiger partial charge is 0.156 e. The van der Waals surface area contributed by atoms with E-state index in [1.807, 2.05) is 24.0 Å². The maximum Gasteiger partial charge on any atom is 0.156 e. The minimum atomic E-state index is 0.332. The molecule has 0 bridgehead atoms. The van der Waals surface area contributed by atoms with E-state index in [0.29, 0.717) is 5.41 Å². The van der Waals surface area contributed by atoms with Crippen LogP contribution >= 0.6 is 11.8 Å². The van der Waals surface area contributed by atoms with Crippen LogP contribution in [0.3, 0.4) is 0 Å². The number of nitrogens with one attached hydrogen (secondary N) is 1. The van der Waals surface area contributed by atoms with E-state index in [-0.39, 0.29) is 0 Å². The SMILES string of the molecule is Cn1ccnc1CNC1=NCC(C)(C)CS1. The Morgan fingerprint density at radius 2 is 2.38 bits per heavy atom. The summed E-state index contributed by atoms with van der Waals surface area (Å²) in [5, 5.41) is 4.38. The first kappa shape index (κ1) is 11.5. The topological polar surface area (TPSA) is 42.2 Å². The van der Waals surface area contributed by atoms with E-state index in [2.05, 4.69) is 29.1 Å². The van der Waals surface area contributed by atoms with Crippen molar-refractivity contribution in [2.75, 3.05) is 12.3 Å². The van der Waals surface area contributed by atoms with Crippen molar-refractivity contribution in [1.82, 2.24) is 14.9 Å². The summed E-state index contributed by atoms with van der Waals surface area (Å²) in [6.45, 7) is 6.15. The largest absolute Gasteiger partial charge is 0.358 e. The van der Waals surface area contributed by atoms with E-state index >= 15 is 0 Å². The van der Waals surface area contributed by atoms with E-state index < -0.39 is 0 Å². The number of imidazole rings is 1. The summed E-state index contributed by atoms with van der Waals surface area (Å²) in [6.07, 6.45) is 3.77. The molecular formula is C11H18N4S. The van der Waals surface area contributed by atoms with Gasteiger partial charge in [-0.15, -0.1) is 0 Å². The van der Waals surface area contributed by atoms with Gasteiger partial charge in [-0.3, -0.25) is 4.99 Å². The molecule has 2 heterocycles. The molecule has 2 rings (SSSR count). The third-order valence-electron chi connectivity index (χ3n) is 2.57. The number of hydrogen-bond acceptors (Lipinski definition) is 4. The van der Waals surface area contributed by atoms with E-state index in [9.17, 15) is 0 Å². The van der Waals surface area contributed by atoms with Gasteiger partial charge in [0.1, 0.15) is 5.82 Å². The van der Waals surface area contributed by atoms with E-state index in [1.54, 1.807) is 11.8 Å². The molecule has 0 fully saturated rings. The number of amidine groups is 1. The number of hydrogen-bond donors (Lipinski definition) is 1. The molecule has 5 heteroatoms. The molecule has 0 amide bonds. The van der Waals surface area contributed by atoms with Gasteiger partial charge in [-0.05, 0) is 5.41 Å². The Hall–Kier alpha value is -0.970. The lowest BCUT2D eigenvalue weighted by molar-refractivity contribution is 0.436. The molecule has 1 aliphatic heterocycles. The van der Waals surface area contributed by atoms with Crippen molar-refractivity contribution in [3.05, 3.63) is 18.2 Å². The molecule has 1 N–H and O–H groups in total. The number of aliphatic imine (C=N–C) groups is 1. The van der Waals surface area contributed by atoms with Crippen molar-refractivity contribution in [2.45, 2.75) is 20.4 Å². The summed E-state index contributed by atoms with van der Waals surface area (Å²) >= 11 is 1.80. The minimum absolute atomic E-state index is 0.332. The van der Waals surface area contributed by atoms with Gasteiger partial charge in [0.05, 0.1) is 6.54 Å². The van der Waals surface area contributed by atoms with Crippen LogP contribution in [0.15, 0.2) is 17.4 Å². The zero-order valence-electron chi connectivity index (χ0n) is 10.0. The van der Waals surface area contributed by atoms with Gasteiger partial charge in [0.15, 0.2) is 5.17 Å². The second-order valence-corrected chi connectivity index (χ2v) is 5.85.